The number of benzene rings is 2. The van der Waals surface area contributed by atoms with Crippen LogP contribution < -0.4 is 5.32 Å². The van der Waals surface area contributed by atoms with Crippen molar-refractivity contribution in [3.05, 3.63) is 82.4 Å². The van der Waals surface area contributed by atoms with E-state index < -0.39 is 0 Å². The van der Waals surface area contributed by atoms with E-state index in [0.29, 0.717) is 21.9 Å². The molecule has 2 aromatic carbocycles. The van der Waals surface area contributed by atoms with Gasteiger partial charge < -0.3 is 10.1 Å². The number of hydrogen-bond donors (Lipinski definition) is 1. The predicted molar refractivity (Wildman–Crippen MR) is 113 cm³/mol. The topological polar surface area (TPSA) is 75.0 Å². The van der Waals surface area contributed by atoms with Crippen LogP contribution in [0.2, 0.25) is 0 Å². The van der Waals surface area contributed by atoms with Crippen molar-refractivity contribution in [1.82, 2.24) is 4.37 Å². The first kappa shape index (κ1) is 19.7. The van der Waals surface area contributed by atoms with Gasteiger partial charge in [0.25, 0.3) is 0 Å². The molecule has 0 saturated heterocycles. The molecule has 0 spiro atoms. The Labute approximate surface area is 171 Å². The minimum Gasteiger partial charge on any atom is -0.465 e. The number of nitrogens with zero attached hydrogens (tertiary/aromatic N) is 2. The van der Waals surface area contributed by atoms with Crippen molar-refractivity contribution in [2.45, 2.75) is 10.8 Å². The Hall–Kier alpha value is -3.08. The van der Waals surface area contributed by atoms with Gasteiger partial charge in [-0.1, -0.05) is 48.2 Å². The average molecular weight is 408 g/mol. The summed E-state index contributed by atoms with van der Waals surface area (Å²) in [7, 11) is 1.36. The van der Waals surface area contributed by atoms with Crippen LogP contribution in [0.25, 0.3) is 6.08 Å². The number of para-hydroxylation sites is 1. The Balaban J connectivity index is 1.71. The summed E-state index contributed by atoms with van der Waals surface area (Å²) in [6.07, 6.45) is 3.64. The van der Waals surface area contributed by atoms with Crippen molar-refractivity contribution in [3.63, 3.8) is 0 Å². The van der Waals surface area contributed by atoms with E-state index in [9.17, 15) is 10.1 Å². The van der Waals surface area contributed by atoms with Gasteiger partial charge in [0.15, 0.2) is 0 Å². The van der Waals surface area contributed by atoms with Crippen molar-refractivity contribution >= 4 is 41.0 Å². The highest BCUT2D eigenvalue weighted by molar-refractivity contribution is 7.98. The minimum absolute atomic E-state index is 0.370. The maximum atomic E-state index is 11.9. The lowest BCUT2D eigenvalue weighted by Crippen LogP contribution is -2.04. The average Bonchev–Trinajstić information content (AvgIpc) is 3.14. The fourth-order valence-electron chi connectivity index (χ4n) is 2.45. The van der Waals surface area contributed by atoms with Gasteiger partial charge in [-0.05, 0) is 41.4 Å². The quantitative estimate of drug-likeness (QED) is 0.430. The van der Waals surface area contributed by atoms with Gasteiger partial charge in [0.2, 0.25) is 0 Å². The zero-order chi connectivity index (χ0) is 19.8. The van der Waals surface area contributed by atoms with E-state index in [-0.39, 0.29) is 5.97 Å². The fourth-order valence-corrected chi connectivity index (χ4v) is 4.32. The number of esters is 1. The molecule has 140 valence electrons. The molecule has 0 aliphatic carbocycles. The highest BCUT2D eigenvalue weighted by Crippen LogP contribution is 2.31. The van der Waals surface area contributed by atoms with Crippen molar-refractivity contribution in [1.29, 1.82) is 5.26 Å². The Morgan fingerprint density at radius 2 is 2.00 bits per heavy atom. The Bertz CT molecular complexity index is 1020. The monoisotopic (exact) mass is 407 g/mol. The number of nitrogens with one attached hydrogen (secondary N) is 1. The molecule has 0 aliphatic heterocycles. The summed E-state index contributed by atoms with van der Waals surface area (Å²) >= 11 is 2.71. The Kier molecular flexibility index (Phi) is 6.84. The largest absolute Gasteiger partial charge is 0.465 e. The van der Waals surface area contributed by atoms with Crippen LogP contribution in [0.5, 0.6) is 0 Å². The van der Waals surface area contributed by atoms with E-state index in [1.807, 2.05) is 48.5 Å². The zero-order valence-electron chi connectivity index (χ0n) is 15.1. The van der Waals surface area contributed by atoms with Crippen LogP contribution >= 0.6 is 23.3 Å². The summed E-state index contributed by atoms with van der Waals surface area (Å²) in [5.74, 6) is 0.153. The van der Waals surface area contributed by atoms with Crippen LogP contribution in [0.15, 0.2) is 65.8 Å². The number of anilines is 1. The molecule has 0 atom stereocenters. The molecule has 7 heteroatoms. The van der Waals surface area contributed by atoms with Gasteiger partial charge in [-0.3, -0.25) is 0 Å². The van der Waals surface area contributed by atoms with Gasteiger partial charge in [-0.15, -0.1) is 0 Å². The van der Waals surface area contributed by atoms with E-state index in [1.165, 1.54) is 30.4 Å². The maximum absolute atomic E-state index is 11.9. The smallest absolute Gasteiger partial charge is 0.338 e. The van der Waals surface area contributed by atoms with Crippen LogP contribution in [0.4, 0.5) is 5.69 Å². The summed E-state index contributed by atoms with van der Waals surface area (Å²) < 4.78 is 9.24. The van der Waals surface area contributed by atoms with Crippen molar-refractivity contribution in [3.8, 4) is 6.07 Å². The molecule has 28 heavy (non-hydrogen) atoms. The standard InChI is InChI=1S/C21H17N3O2S2/c1-26-21(25)17-10-6-5-7-15(17)14-27-20-18(13-22)19(28-24-20)11-12-23-16-8-3-2-4-9-16/h2-12,23H,14H2,1H3/b12-11-. The van der Waals surface area contributed by atoms with Gasteiger partial charge in [0, 0.05) is 17.6 Å². The molecule has 0 aliphatic rings. The van der Waals surface area contributed by atoms with E-state index in [2.05, 4.69) is 15.8 Å². The van der Waals surface area contributed by atoms with Crippen LogP contribution in [-0.2, 0) is 10.5 Å². The third-order valence-electron chi connectivity index (χ3n) is 3.84. The lowest BCUT2D eigenvalue weighted by Gasteiger charge is -2.06. The highest BCUT2D eigenvalue weighted by atomic mass is 32.2. The molecule has 5 nitrogen and oxygen atoms in total. The lowest BCUT2D eigenvalue weighted by atomic mass is 10.1. The number of hydrogen-bond acceptors (Lipinski definition) is 7. The number of methoxy groups -OCH3 is 1. The molecule has 1 aromatic heterocycles. The molecule has 0 unspecified atom stereocenters. The summed E-state index contributed by atoms with van der Waals surface area (Å²) in [5.41, 5.74) is 2.88. The van der Waals surface area contributed by atoms with Crippen LogP contribution in [0.1, 0.15) is 26.4 Å². The summed E-state index contributed by atoms with van der Waals surface area (Å²) in [4.78, 5) is 12.7. The molecule has 0 fully saturated rings. The summed E-state index contributed by atoms with van der Waals surface area (Å²) in [6, 6.07) is 19.3. The number of carbonyl (C=O) groups is 1. The third kappa shape index (κ3) is 4.80. The van der Waals surface area contributed by atoms with E-state index in [1.54, 1.807) is 18.3 Å². The Morgan fingerprint density at radius 1 is 1.25 bits per heavy atom. The van der Waals surface area contributed by atoms with E-state index in [0.717, 1.165) is 16.1 Å². The van der Waals surface area contributed by atoms with Crippen LogP contribution in [0.3, 0.4) is 0 Å². The fraction of sp³-hybridized carbons (Fsp3) is 0.0952. The number of rotatable bonds is 7. The number of carbonyl (C=O) groups excluding carboxylic acids is 1. The van der Waals surface area contributed by atoms with Gasteiger partial charge in [0.1, 0.15) is 16.7 Å². The molecule has 3 rings (SSSR count). The number of nitriles is 1. The van der Waals surface area contributed by atoms with E-state index >= 15 is 0 Å². The SMILES string of the molecule is COC(=O)c1ccccc1CSc1nsc(/C=C\Nc2ccccc2)c1C#N. The second-order valence-electron chi connectivity index (χ2n) is 5.62. The number of aromatic nitrogens is 1. The normalized spacial score (nSPS) is 10.6. The second kappa shape index (κ2) is 9.74. The van der Waals surface area contributed by atoms with Crippen molar-refractivity contribution < 1.29 is 9.53 Å². The molecule has 0 radical (unpaired) electrons. The van der Waals surface area contributed by atoms with Crippen LogP contribution in [-0.4, -0.2) is 17.5 Å². The maximum Gasteiger partial charge on any atom is 0.338 e. The molecule has 3 aromatic rings. The summed E-state index contributed by atoms with van der Waals surface area (Å²) in [6.45, 7) is 0. The number of thioether (sulfide) groups is 1. The first-order valence-corrected chi connectivity index (χ1v) is 10.2. The first-order chi connectivity index (χ1) is 13.7. The van der Waals surface area contributed by atoms with Gasteiger partial charge in [-0.2, -0.15) is 9.64 Å². The van der Waals surface area contributed by atoms with Gasteiger partial charge >= 0.3 is 5.97 Å². The summed E-state index contributed by atoms with van der Waals surface area (Å²) in [5, 5.41) is 13.4. The highest BCUT2D eigenvalue weighted by Gasteiger charge is 2.15. The van der Waals surface area contributed by atoms with Gasteiger partial charge in [-0.25, -0.2) is 4.79 Å². The Morgan fingerprint density at radius 3 is 2.75 bits per heavy atom. The molecular weight excluding hydrogens is 390 g/mol. The minimum atomic E-state index is -0.370. The van der Waals surface area contributed by atoms with Crippen molar-refractivity contribution in [2.75, 3.05) is 12.4 Å². The van der Waals surface area contributed by atoms with Crippen molar-refractivity contribution in [2.24, 2.45) is 0 Å². The van der Waals surface area contributed by atoms with E-state index in [4.69, 9.17) is 4.74 Å². The molecule has 0 bridgehead atoms. The molecule has 1 heterocycles. The van der Waals surface area contributed by atoms with Crippen LogP contribution in [0, 0.1) is 11.3 Å². The predicted octanol–water partition coefficient (Wildman–Crippen LogP) is 5.18. The molecule has 0 saturated carbocycles. The third-order valence-corrected chi connectivity index (χ3v) is 5.80. The molecule has 0 amide bonds. The first-order valence-electron chi connectivity index (χ1n) is 8.40. The number of ether oxygens (including phenoxy) is 1. The molecule has 1 N–H and O–H groups in total. The lowest BCUT2D eigenvalue weighted by molar-refractivity contribution is 0.0600. The molecular formula is C21H17N3O2S2. The van der Waals surface area contributed by atoms with Gasteiger partial charge in [0.05, 0.1) is 17.6 Å². The zero-order valence-corrected chi connectivity index (χ0v) is 16.7. The second-order valence-corrected chi connectivity index (χ2v) is 7.39.